The van der Waals surface area contributed by atoms with Crippen LogP contribution < -0.4 is 5.32 Å². The molecular weight excluding hydrogens is 284 g/mol. The number of hydrogen-bond donors (Lipinski definition) is 1. The molecule has 20 heavy (non-hydrogen) atoms. The van der Waals surface area contributed by atoms with Crippen LogP contribution in [0.5, 0.6) is 0 Å². The van der Waals surface area contributed by atoms with Crippen molar-refractivity contribution in [2.45, 2.75) is 4.90 Å². The summed E-state index contributed by atoms with van der Waals surface area (Å²) < 4.78 is 30.3. The van der Waals surface area contributed by atoms with E-state index in [2.05, 4.69) is 10.1 Å². The number of sulfonamides is 1. The molecule has 1 aromatic rings. The van der Waals surface area contributed by atoms with Crippen LogP contribution >= 0.6 is 0 Å². The number of hydrogen-bond acceptors (Lipinski definition) is 5. The van der Waals surface area contributed by atoms with E-state index in [0.29, 0.717) is 0 Å². The van der Waals surface area contributed by atoms with Crippen molar-refractivity contribution >= 4 is 21.9 Å². The summed E-state index contributed by atoms with van der Waals surface area (Å²) in [6.45, 7) is 0.326. The highest BCUT2D eigenvalue weighted by Crippen LogP contribution is 2.17. The minimum Gasteiger partial charge on any atom is -0.465 e. The van der Waals surface area contributed by atoms with E-state index in [1.165, 1.54) is 31.4 Å². The number of piperazine rings is 1. The molecule has 0 saturated carbocycles. The summed E-state index contributed by atoms with van der Waals surface area (Å²) in [5, 5.41) is 2.56. The summed E-state index contributed by atoms with van der Waals surface area (Å²) in [7, 11) is -2.47. The average Bonchev–Trinajstić information content (AvgIpc) is 2.46. The Balaban J connectivity index is 2.25. The third-order valence-corrected chi connectivity index (χ3v) is 4.78. The Bertz CT molecular complexity index is 624. The first-order valence-corrected chi connectivity index (χ1v) is 7.34. The molecule has 0 atom stereocenters. The summed E-state index contributed by atoms with van der Waals surface area (Å²) in [5.41, 5.74) is 0.267. The topological polar surface area (TPSA) is 92.8 Å². The molecule has 1 N–H and O–H groups in total. The summed E-state index contributed by atoms with van der Waals surface area (Å²) in [5.74, 6) is -0.864. The zero-order chi connectivity index (χ0) is 14.8. The lowest BCUT2D eigenvalue weighted by molar-refractivity contribution is -0.122. The Kier molecular flexibility index (Phi) is 4.05. The molecular formula is C12H14N2O5S. The third kappa shape index (κ3) is 2.81. The monoisotopic (exact) mass is 298 g/mol. The number of esters is 1. The summed E-state index contributed by atoms with van der Waals surface area (Å²) >= 11 is 0. The maximum Gasteiger partial charge on any atom is 0.337 e. The lowest BCUT2D eigenvalue weighted by Gasteiger charge is -2.25. The molecule has 8 heteroatoms. The van der Waals surface area contributed by atoms with E-state index >= 15 is 0 Å². The van der Waals surface area contributed by atoms with Crippen LogP contribution in [0.1, 0.15) is 10.4 Å². The van der Waals surface area contributed by atoms with Gasteiger partial charge < -0.3 is 10.1 Å². The van der Waals surface area contributed by atoms with Crippen molar-refractivity contribution < 1.29 is 22.7 Å². The second-order valence-electron chi connectivity index (χ2n) is 4.20. The lowest BCUT2D eigenvalue weighted by Crippen LogP contribution is -2.49. The van der Waals surface area contributed by atoms with E-state index in [4.69, 9.17) is 0 Å². The molecule has 1 aliphatic heterocycles. The largest absolute Gasteiger partial charge is 0.465 e. The van der Waals surface area contributed by atoms with Crippen LogP contribution in [-0.4, -0.2) is 51.3 Å². The predicted octanol–water partition coefficient (Wildman–Crippen LogP) is -0.406. The smallest absolute Gasteiger partial charge is 0.337 e. The van der Waals surface area contributed by atoms with Gasteiger partial charge in [-0.1, -0.05) is 0 Å². The highest BCUT2D eigenvalue weighted by Gasteiger charge is 2.29. The van der Waals surface area contributed by atoms with E-state index < -0.39 is 16.0 Å². The van der Waals surface area contributed by atoms with E-state index in [-0.39, 0.29) is 36.0 Å². The maximum absolute atomic E-state index is 12.3. The minimum atomic E-state index is -3.72. The Morgan fingerprint density at radius 1 is 1.30 bits per heavy atom. The Labute approximate surface area is 116 Å². The number of amides is 1. The van der Waals surface area contributed by atoms with Gasteiger partial charge in [0.15, 0.2) is 0 Å². The molecule has 0 spiro atoms. The average molecular weight is 298 g/mol. The zero-order valence-corrected chi connectivity index (χ0v) is 11.6. The van der Waals surface area contributed by atoms with Crippen molar-refractivity contribution in [3.05, 3.63) is 29.8 Å². The first-order valence-electron chi connectivity index (χ1n) is 5.90. The van der Waals surface area contributed by atoms with Gasteiger partial charge in [-0.3, -0.25) is 4.79 Å². The predicted molar refractivity (Wildman–Crippen MR) is 69.6 cm³/mol. The molecule has 0 aromatic heterocycles. The van der Waals surface area contributed by atoms with Gasteiger partial charge >= 0.3 is 5.97 Å². The van der Waals surface area contributed by atoms with Crippen LogP contribution in [0.3, 0.4) is 0 Å². The van der Waals surface area contributed by atoms with Crippen molar-refractivity contribution in [1.29, 1.82) is 0 Å². The zero-order valence-electron chi connectivity index (χ0n) is 10.8. The first-order chi connectivity index (χ1) is 9.45. The van der Waals surface area contributed by atoms with Gasteiger partial charge in [0.2, 0.25) is 15.9 Å². The SMILES string of the molecule is COC(=O)c1ccc(S(=O)(=O)N2CCNC(=O)C2)cc1. The molecule has 1 aliphatic rings. The summed E-state index contributed by atoms with van der Waals surface area (Å²) in [6, 6.07) is 5.41. The first kappa shape index (κ1) is 14.5. The van der Waals surface area contributed by atoms with E-state index in [1.807, 2.05) is 0 Å². The molecule has 1 amide bonds. The van der Waals surface area contributed by atoms with E-state index in [9.17, 15) is 18.0 Å². The van der Waals surface area contributed by atoms with Crippen LogP contribution in [0.4, 0.5) is 0 Å². The Morgan fingerprint density at radius 2 is 1.95 bits per heavy atom. The highest BCUT2D eigenvalue weighted by atomic mass is 32.2. The number of methoxy groups -OCH3 is 1. The fourth-order valence-electron chi connectivity index (χ4n) is 1.85. The number of carbonyl (C=O) groups is 2. The molecule has 1 saturated heterocycles. The molecule has 7 nitrogen and oxygen atoms in total. The van der Waals surface area contributed by atoms with Crippen molar-refractivity contribution in [3.63, 3.8) is 0 Å². The standard InChI is InChI=1S/C12H14N2O5S/c1-19-12(16)9-2-4-10(5-3-9)20(17,18)14-7-6-13-11(15)8-14/h2-5H,6-8H2,1H3,(H,13,15). The molecule has 1 aromatic carbocycles. The number of benzene rings is 1. The van der Waals surface area contributed by atoms with Gasteiger partial charge in [-0.2, -0.15) is 4.31 Å². The van der Waals surface area contributed by atoms with Crippen LogP contribution in [0.2, 0.25) is 0 Å². The number of rotatable bonds is 3. The van der Waals surface area contributed by atoms with Crippen LogP contribution in [0.15, 0.2) is 29.2 Å². The highest BCUT2D eigenvalue weighted by molar-refractivity contribution is 7.89. The molecule has 0 unspecified atom stereocenters. The van der Waals surface area contributed by atoms with Gasteiger partial charge in [-0.05, 0) is 24.3 Å². The van der Waals surface area contributed by atoms with Gasteiger partial charge in [0.1, 0.15) is 0 Å². The normalized spacial score (nSPS) is 16.6. The third-order valence-electron chi connectivity index (χ3n) is 2.92. The van der Waals surface area contributed by atoms with Gasteiger partial charge in [0.05, 0.1) is 24.1 Å². The van der Waals surface area contributed by atoms with E-state index in [0.717, 1.165) is 4.31 Å². The van der Waals surface area contributed by atoms with Gasteiger partial charge in [0.25, 0.3) is 0 Å². The Morgan fingerprint density at radius 3 is 2.50 bits per heavy atom. The molecule has 108 valence electrons. The van der Waals surface area contributed by atoms with Gasteiger partial charge in [-0.15, -0.1) is 0 Å². The van der Waals surface area contributed by atoms with Crippen molar-refractivity contribution in [2.75, 3.05) is 26.7 Å². The minimum absolute atomic E-state index is 0.0415. The molecule has 0 radical (unpaired) electrons. The quantitative estimate of drug-likeness (QED) is 0.766. The second kappa shape index (κ2) is 5.59. The second-order valence-corrected chi connectivity index (χ2v) is 6.14. The molecule has 1 heterocycles. The summed E-state index contributed by atoms with van der Waals surface area (Å²) in [4.78, 5) is 22.6. The van der Waals surface area contributed by atoms with Gasteiger partial charge in [-0.25, -0.2) is 13.2 Å². The number of nitrogens with zero attached hydrogens (tertiary/aromatic N) is 1. The van der Waals surface area contributed by atoms with Crippen molar-refractivity contribution in [1.82, 2.24) is 9.62 Å². The fourth-order valence-corrected chi connectivity index (χ4v) is 3.25. The fraction of sp³-hybridized carbons (Fsp3) is 0.333. The van der Waals surface area contributed by atoms with Crippen molar-refractivity contribution in [2.24, 2.45) is 0 Å². The number of nitrogens with one attached hydrogen (secondary N) is 1. The summed E-state index contributed by atoms with van der Waals surface area (Å²) in [6.07, 6.45) is 0. The lowest BCUT2D eigenvalue weighted by atomic mass is 10.2. The Hall–Kier alpha value is -1.93. The molecule has 2 rings (SSSR count). The van der Waals surface area contributed by atoms with Crippen molar-refractivity contribution in [3.8, 4) is 0 Å². The molecule has 1 fully saturated rings. The van der Waals surface area contributed by atoms with E-state index in [1.54, 1.807) is 0 Å². The van der Waals surface area contributed by atoms with Crippen LogP contribution in [0, 0.1) is 0 Å². The van der Waals surface area contributed by atoms with Gasteiger partial charge in [0, 0.05) is 13.1 Å². The number of ether oxygens (including phenoxy) is 1. The maximum atomic E-state index is 12.3. The van der Waals surface area contributed by atoms with Crippen LogP contribution in [0.25, 0.3) is 0 Å². The number of carbonyl (C=O) groups excluding carboxylic acids is 2. The van der Waals surface area contributed by atoms with Crippen LogP contribution in [-0.2, 0) is 19.6 Å². The molecule has 0 aliphatic carbocycles. The molecule has 0 bridgehead atoms.